The van der Waals surface area contributed by atoms with Crippen LogP contribution < -0.4 is 10.1 Å². The van der Waals surface area contributed by atoms with Crippen molar-refractivity contribution in [3.05, 3.63) is 70.9 Å². The highest BCUT2D eigenvalue weighted by molar-refractivity contribution is 6.00. The summed E-state index contributed by atoms with van der Waals surface area (Å²) in [5, 5.41) is 10.4. The molecule has 0 radical (unpaired) electrons. The fourth-order valence-corrected chi connectivity index (χ4v) is 3.39. The number of rotatable bonds is 4. The molecular weight excluding hydrogens is 326 g/mol. The molecule has 0 bridgehead atoms. The predicted molar refractivity (Wildman–Crippen MR) is 100 cm³/mol. The van der Waals surface area contributed by atoms with Gasteiger partial charge in [-0.05, 0) is 29.2 Å². The van der Waals surface area contributed by atoms with Crippen LogP contribution in [0.2, 0.25) is 0 Å². The molecule has 1 atom stereocenters. The molecule has 5 heteroatoms. The van der Waals surface area contributed by atoms with Crippen LogP contribution in [0.3, 0.4) is 0 Å². The van der Waals surface area contributed by atoms with Gasteiger partial charge in [0.15, 0.2) is 0 Å². The number of H-pyrrole nitrogens is 1. The second kappa shape index (κ2) is 6.33. The minimum Gasteiger partial charge on any atom is -0.497 e. The Morgan fingerprint density at radius 2 is 1.88 bits per heavy atom. The molecule has 132 valence electrons. The molecule has 2 aromatic carbocycles. The predicted octanol–water partition coefficient (Wildman–Crippen LogP) is 4.04. The number of ether oxygens (including phenoxy) is 1. The maximum Gasteiger partial charge on any atom is 0.270 e. The first-order valence-electron chi connectivity index (χ1n) is 8.72. The van der Waals surface area contributed by atoms with Crippen molar-refractivity contribution < 1.29 is 9.53 Å². The van der Waals surface area contributed by atoms with E-state index in [1.165, 1.54) is 5.56 Å². The summed E-state index contributed by atoms with van der Waals surface area (Å²) in [7, 11) is 1.64. The lowest BCUT2D eigenvalue weighted by atomic mass is 9.94. The van der Waals surface area contributed by atoms with Gasteiger partial charge in [0.2, 0.25) is 0 Å². The molecule has 2 N–H and O–H groups in total. The Balaban J connectivity index is 1.78. The Bertz CT molecular complexity index is 958. The first kappa shape index (κ1) is 16.4. The van der Waals surface area contributed by atoms with Gasteiger partial charge in [0.25, 0.3) is 5.91 Å². The zero-order valence-corrected chi connectivity index (χ0v) is 15.0. The van der Waals surface area contributed by atoms with Crippen molar-refractivity contribution in [2.75, 3.05) is 7.11 Å². The van der Waals surface area contributed by atoms with Crippen molar-refractivity contribution in [2.24, 2.45) is 0 Å². The van der Waals surface area contributed by atoms with Crippen molar-refractivity contribution in [2.45, 2.75) is 25.8 Å². The second-order valence-electron chi connectivity index (χ2n) is 6.82. The maximum atomic E-state index is 12.4. The summed E-state index contributed by atoms with van der Waals surface area (Å²) < 4.78 is 5.32. The van der Waals surface area contributed by atoms with Crippen molar-refractivity contribution >= 4 is 5.91 Å². The molecule has 2 heterocycles. The van der Waals surface area contributed by atoms with Crippen LogP contribution in [0, 0.1) is 0 Å². The molecule has 4 rings (SSSR count). The number of amides is 1. The second-order valence-corrected chi connectivity index (χ2v) is 6.82. The van der Waals surface area contributed by atoms with Crippen LogP contribution in [0.1, 0.15) is 53.0 Å². The Morgan fingerprint density at radius 1 is 1.12 bits per heavy atom. The van der Waals surface area contributed by atoms with Crippen molar-refractivity contribution in [1.29, 1.82) is 0 Å². The van der Waals surface area contributed by atoms with E-state index < -0.39 is 0 Å². The quantitative estimate of drug-likeness (QED) is 0.748. The molecule has 0 aliphatic carbocycles. The number of methoxy groups -OCH3 is 1. The number of hydrogen-bond donors (Lipinski definition) is 2. The van der Waals surface area contributed by atoms with E-state index in [9.17, 15) is 4.79 Å². The standard InChI is InChI=1S/C21H21N3O2/c1-12(2)13-7-9-14(10-8-13)18-17-19(23-24-20(17)21(25)22-18)15-5-4-6-16(11-15)26-3/h4-12,18H,1-3H3,(H,22,25)(H,23,24)/t18-/m1/s1. The Labute approximate surface area is 152 Å². The zero-order chi connectivity index (χ0) is 18.3. The van der Waals surface area contributed by atoms with E-state index in [1.54, 1.807) is 7.11 Å². The van der Waals surface area contributed by atoms with Gasteiger partial charge in [0.05, 0.1) is 18.8 Å². The van der Waals surface area contributed by atoms with E-state index in [0.717, 1.165) is 28.1 Å². The van der Waals surface area contributed by atoms with Gasteiger partial charge in [-0.1, -0.05) is 50.2 Å². The third kappa shape index (κ3) is 2.65. The summed E-state index contributed by atoms with van der Waals surface area (Å²) in [6.07, 6.45) is 0. The van der Waals surface area contributed by atoms with Gasteiger partial charge in [-0.3, -0.25) is 9.89 Å². The summed E-state index contributed by atoms with van der Waals surface area (Å²) in [4.78, 5) is 12.4. The molecule has 5 nitrogen and oxygen atoms in total. The fourth-order valence-electron chi connectivity index (χ4n) is 3.39. The number of carbonyl (C=O) groups excluding carboxylic acids is 1. The van der Waals surface area contributed by atoms with Crippen molar-refractivity contribution in [3.8, 4) is 17.0 Å². The van der Waals surface area contributed by atoms with E-state index >= 15 is 0 Å². The maximum absolute atomic E-state index is 12.4. The minimum atomic E-state index is -0.210. The van der Waals surface area contributed by atoms with Crippen LogP contribution in [-0.2, 0) is 0 Å². The van der Waals surface area contributed by atoms with E-state index in [-0.39, 0.29) is 11.9 Å². The highest BCUT2D eigenvalue weighted by Crippen LogP contribution is 2.38. The Hall–Kier alpha value is -3.08. The van der Waals surface area contributed by atoms with Crippen molar-refractivity contribution in [1.82, 2.24) is 15.5 Å². The SMILES string of the molecule is COc1cccc(-c2n[nH]c3c2[C@@H](c2ccc(C(C)C)cc2)NC3=O)c1. The molecule has 26 heavy (non-hydrogen) atoms. The van der Waals surface area contributed by atoms with Gasteiger partial charge < -0.3 is 10.1 Å². The number of aromatic nitrogens is 2. The lowest BCUT2D eigenvalue weighted by Crippen LogP contribution is -2.21. The van der Waals surface area contributed by atoms with E-state index in [0.29, 0.717) is 11.6 Å². The van der Waals surface area contributed by atoms with Crippen LogP contribution in [0.4, 0.5) is 0 Å². The number of benzene rings is 2. The number of aromatic amines is 1. The number of nitrogens with one attached hydrogen (secondary N) is 2. The number of nitrogens with zero attached hydrogens (tertiary/aromatic N) is 1. The monoisotopic (exact) mass is 347 g/mol. The van der Waals surface area contributed by atoms with Crippen LogP contribution in [0.25, 0.3) is 11.3 Å². The van der Waals surface area contributed by atoms with Gasteiger partial charge in [0.1, 0.15) is 11.4 Å². The smallest absolute Gasteiger partial charge is 0.270 e. The molecule has 3 aromatic rings. The highest BCUT2D eigenvalue weighted by atomic mass is 16.5. The molecule has 1 aliphatic heterocycles. The number of fused-ring (bicyclic) bond motifs is 1. The van der Waals surface area contributed by atoms with E-state index in [4.69, 9.17) is 4.74 Å². The minimum absolute atomic E-state index is 0.125. The van der Waals surface area contributed by atoms with Crippen molar-refractivity contribution in [3.63, 3.8) is 0 Å². The molecule has 0 fully saturated rings. The average Bonchev–Trinajstić information content (AvgIpc) is 3.23. The number of hydrogen-bond acceptors (Lipinski definition) is 3. The van der Waals surface area contributed by atoms with E-state index in [1.807, 2.05) is 24.3 Å². The molecule has 1 amide bonds. The highest BCUT2D eigenvalue weighted by Gasteiger charge is 2.35. The summed E-state index contributed by atoms with van der Waals surface area (Å²) in [5.74, 6) is 1.10. The van der Waals surface area contributed by atoms with Gasteiger partial charge >= 0.3 is 0 Å². The molecule has 1 aliphatic rings. The van der Waals surface area contributed by atoms with Crippen LogP contribution >= 0.6 is 0 Å². The van der Waals surface area contributed by atoms with Crippen LogP contribution in [-0.4, -0.2) is 23.2 Å². The molecular formula is C21H21N3O2. The summed E-state index contributed by atoms with van der Waals surface area (Å²) in [6.45, 7) is 4.34. The largest absolute Gasteiger partial charge is 0.497 e. The van der Waals surface area contributed by atoms with Gasteiger partial charge in [0, 0.05) is 11.1 Å². The molecule has 0 saturated carbocycles. The average molecular weight is 347 g/mol. The fraction of sp³-hybridized carbons (Fsp3) is 0.238. The van der Waals surface area contributed by atoms with Crippen LogP contribution in [0.5, 0.6) is 5.75 Å². The Morgan fingerprint density at radius 3 is 2.58 bits per heavy atom. The number of carbonyl (C=O) groups is 1. The normalized spacial score (nSPS) is 15.8. The van der Waals surface area contributed by atoms with Gasteiger partial charge in [-0.25, -0.2) is 0 Å². The van der Waals surface area contributed by atoms with Crippen LogP contribution in [0.15, 0.2) is 48.5 Å². The molecule has 0 saturated heterocycles. The molecule has 1 aromatic heterocycles. The lowest BCUT2D eigenvalue weighted by molar-refractivity contribution is 0.0955. The van der Waals surface area contributed by atoms with Gasteiger partial charge in [-0.2, -0.15) is 5.10 Å². The first-order valence-corrected chi connectivity index (χ1v) is 8.72. The summed E-state index contributed by atoms with van der Waals surface area (Å²) in [6, 6.07) is 15.9. The zero-order valence-electron chi connectivity index (χ0n) is 15.0. The Kier molecular flexibility index (Phi) is 3.99. The summed E-state index contributed by atoms with van der Waals surface area (Å²) in [5.41, 5.74) is 5.43. The lowest BCUT2D eigenvalue weighted by Gasteiger charge is -2.15. The van der Waals surface area contributed by atoms with E-state index in [2.05, 4.69) is 53.6 Å². The van der Waals surface area contributed by atoms with Gasteiger partial charge in [-0.15, -0.1) is 0 Å². The summed E-state index contributed by atoms with van der Waals surface area (Å²) >= 11 is 0. The third-order valence-corrected chi connectivity index (χ3v) is 4.87. The first-order chi connectivity index (χ1) is 12.6. The molecule has 0 unspecified atom stereocenters. The third-order valence-electron chi connectivity index (χ3n) is 4.87. The topological polar surface area (TPSA) is 67.0 Å². The molecule has 0 spiro atoms.